The third-order valence-corrected chi connectivity index (χ3v) is 4.46. The van der Waals surface area contributed by atoms with Crippen LogP contribution in [0.15, 0.2) is 21.9 Å². The number of aromatic nitrogens is 2. The lowest BCUT2D eigenvalue weighted by molar-refractivity contribution is -0.0418. The smallest absolute Gasteiger partial charge is 0.386 e. The first-order chi connectivity index (χ1) is 10.8. The molecule has 2 heterocycles. The van der Waals surface area contributed by atoms with Gasteiger partial charge in [0, 0.05) is 19.4 Å². The van der Waals surface area contributed by atoms with E-state index < -0.39 is 43.6 Å². The van der Waals surface area contributed by atoms with Gasteiger partial charge in [0.1, 0.15) is 12.2 Å². The second-order valence-electron chi connectivity index (χ2n) is 5.08. The molecule has 1 aromatic heterocycles. The topological polar surface area (TPSA) is 140 Å². The molecule has 10 nitrogen and oxygen atoms in total. The van der Waals surface area contributed by atoms with Crippen molar-refractivity contribution in [3.63, 3.8) is 0 Å². The lowest BCUT2D eigenvalue weighted by Crippen LogP contribution is -2.38. The molecule has 130 valence electrons. The molecule has 0 aromatic carbocycles. The summed E-state index contributed by atoms with van der Waals surface area (Å²) < 4.78 is 27.5. The molecule has 1 aromatic rings. The number of aliphatic hydroxyl groups excluding tert-OH is 1. The summed E-state index contributed by atoms with van der Waals surface area (Å²) >= 11 is 0. The van der Waals surface area contributed by atoms with Crippen molar-refractivity contribution in [2.45, 2.75) is 44.3 Å². The van der Waals surface area contributed by atoms with E-state index in [0.29, 0.717) is 12.8 Å². The van der Waals surface area contributed by atoms with Crippen molar-refractivity contribution in [3.05, 3.63) is 33.1 Å². The minimum absolute atomic E-state index is 0.431. The Balaban J connectivity index is 2.32. The van der Waals surface area contributed by atoms with Crippen molar-refractivity contribution in [3.8, 4) is 0 Å². The number of ether oxygens (including phenoxy) is 1. The van der Waals surface area contributed by atoms with Crippen LogP contribution in [0.4, 0.5) is 0 Å². The molecule has 1 fully saturated rings. The second-order valence-corrected chi connectivity index (χ2v) is 6.60. The number of aromatic amines is 1. The molecule has 0 spiro atoms. The van der Waals surface area contributed by atoms with Crippen molar-refractivity contribution in [1.82, 2.24) is 9.55 Å². The maximum atomic E-state index is 11.8. The number of phosphoric ester groups is 1. The van der Waals surface area contributed by atoms with E-state index in [1.54, 1.807) is 0 Å². The molecule has 5 atom stereocenters. The van der Waals surface area contributed by atoms with Crippen LogP contribution in [-0.2, 0) is 18.3 Å². The summed E-state index contributed by atoms with van der Waals surface area (Å²) in [5.74, 6) is 0. The van der Waals surface area contributed by atoms with Gasteiger partial charge in [0.2, 0.25) is 0 Å². The van der Waals surface area contributed by atoms with Gasteiger partial charge < -0.3 is 14.7 Å². The zero-order chi connectivity index (χ0) is 17.2. The third-order valence-electron chi connectivity index (χ3n) is 3.49. The zero-order valence-electron chi connectivity index (χ0n) is 12.6. The summed E-state index contributed by atoms with van der Waals surface area (Å²) in [6.45, 7) is 1.86. The van der Waals surface area contributed by atoms with Crippen LogP contribution in [0.25, 0.3) is 0 Å². The zero-order valence-corrected chi connectivity index (χ0v) is 13.5. The summed E-state index contributed by atoms with van der Waals surface area (Å²) in [5, 5.41) is 10.4. The van der Waals surface area contributed by atoms with E-state index in [1.807, 2.05) is 11.9 Å². The van der Waals surface area contributed by atoms with E-state index in [0.717, 1.165) is 17.7 Å². The molecular weight excluding hydrogens is 331 g/mol. The monoisotopic (exact) mass is 350 g/mol. The highest BCUT2D eigenvalue weighted by atomic mass is 31.2. The average Bonchev–Trinajstić information content (AvgIpc) is 2.77. The SMILES string of the molecule is CCC[C@H]1O[C@@H](n2ccc(=O)[nH]c2=O)[C@@H](O)C1OP(=O)(O)OC. The van der Waals surface area contributed by atoms with Crippen LogP contribution in [0.1, 0.15) is 26.0 Å². The molecule has 1 saturated heterocycles. The second kappa shape index (κ2) is 7.08. The van der Waals surface area contributed by atoms with Crippen molar-refractivity contribution in [2.75, 3.05) is 7.11 Å². The van der Waals surface area contributed by atoms with Gasteiger partial charge in [-0.15, -0.1) is 0 Å². The fraction of sp³-hybridized carbons (Fsp3) is 0.667. The molecule has 11 heteroatoms. The van der Waals surface area contributed by atoms with Crippen molar-refractivity contribution < 1.29 is 28.3 Å². The summed E-state index contributed by atoms with van der Waals surface area (Å²) in [5.41, 5.74) is -1.35. The Morgan fingerprint density at radius 1 is 1.48 bits per heavy atom. The molecule has 2 rings (SSSR count). The van der Waals surface area contributed by atoms with Crippen LogP contribution in [0, 0.1) is 0 Å². The van der Waals surface area contributed by atoms with Gasteiger partial charge in [-0.1, -0.05) is 13.3 Å². The van der Waals surface area contributed by atoms with Crippen molar-refractivity contribution in [2.24, 2.45) is 0 Å². The van der Waals surface area contributed by atoms with Crippen LogP contribution in [0.2, 0.25) is 0 Å². The first-order valence-corrected chi connectivity index (χ1v) is 8.50. The minimum Gasteiger partial charge on any atom is -0.386 e. The van der Waals surface area contributed by atoms with Crippen LogP contribution in [-0.4, -0.2) is 45.0 Å². The number of rotatable bonds is 6. The molecule has 23 heavy (non-hydrogen) atoms. The molecule has 0 radical (unpaired) electrons. The fourth-order valence-electron chi connectivity index (χ4n) is 2.42. The highest BCUT2D eigenvalue weighted by molar-refractivity contribution is 7.47. The van der Waals surface area contributed by atoms with Gasteiger partial charge in [0.05, 0.1) is 6.10 Å². The van der Waals surface area contributed by atoms with E-state index in [2.05, 4.69) is 4.52 Å². The quantitative estimate of drug-likeness (QED) is 0.596. The summed E-state index contributed by atoms with van der Waals surface area (Å²) in [7, 11) is -3.34. The van der Waals surface area contributed by atoms with Crippen molar-refractivity contribution in [1.29, 1.82) is 0 Å². The first-order valence-electron chi connectivity index (χ1n) is 7.01. The summed E-state index contributed by atoms with van der Waals surface area (Å²) in [6.07, 6.45) is -2.16. The highest BCUT2D eigenvalue weighted by Gasteiger charge is 2.48. The number of nitrogens with zero attached hydrogens (tertiary/aromatic N) is 1. The molecule has 1 aliphatic rings. The van der Waals surface area contributed by atoms with Gasteiger partial charge in [0.25, 0.3) is 5.56 Å². The van der Waals surface area contributed by atoms with E-state index in [4.69, 9.17) is 9.26 Å². The Kier molecular flexibility index (Phi) is 5.56. The number of H-pyrrole nitrogens is 1. The van der Waals surface area contributed by atoms with Gasteiger partial charge in [-0.2, -0.15) is 0 Å². The molecule has 2 unspecified atom stereocenters. The maximum absolute atomic E-state index is 11.8. The standard InChI is InChI=1S/C12H19N2O8P/c1-3-4-7-10(22-23(18,19)20-2)9(16)11(21-7)14-6-5-8(15)13-12(14)17/h5-7,9-11,16H,3-4H2,1-2H3,(H,18,19)(H,13,15,17)/t7-,9+,10?,11-/m1/s1. The highest BCUT2D eigenvalue weighted by Crippen LogP contribution is 2.47. The number of hydrogen-bond donors (Lipinski definition) is 3. The number of hydrogen-bond acceptors (Lipinski definition) is 7. The van der Waals surface area contributed by atoms with E-state index >= 15 is 0 Å². The number of aliphatic hydroxyl groups is 1. The molecule has 3 N–H and O–H groups in total. The molecular formula is C12H19N2O8P. The van der Waals surface area contributed by atoms with Gasteiger partial charge in [0.15, 0.2) is 6.23 Å². The van der Waals surface area contributed by atoms with Gasteiger partial charge in [-0.05, 0) is 6.42 Å². The Morgan fingerprint density at radius 2 is 2.17 bits per heavy atom. The fourth-order valence-corrected chi connectivity index (χ4v) is 3.08. The normalized spacial score (nSPS) is 30.3. The van der Waals surface area contributed by atoms with Gasteiger partial charge >= 0.3 is 13.5 Å². The predicted molar refractivity (Wildman–Crippen MR) is 77.9 cm³/mol. The number of phosphoric acid groups is 1. The molecule has 0 amide bonds. The summed E-state index contributed by atoms with van der Waals surface area (Å²) in [4.78, 5) is 34.5. The Morgan fingerprint density at radius 3 is 2.74 bits per heavy atom. The van der Waals surface area contributed by atoms with Gasteiger partial charge in [-0.3, -0.25) is 23.4 Å². The maximum Gasteiger partial charge on any atom is 0.472 e. The molecule has 1 aliphatic heterocycles. The predicted octanol–water partition coefficient (Wildman–Crippen LogP) is -0.273. The Hall–Kier alpha value is -1.29. The average molecular weight is 350 g/mol. The van der Waals surface area contributed by atoms with Crippen LogP contribution in [0.3, 0.4) is 0 Å². The van der Waals surface area contributed by atoms with E-state index in [9.17, 15) is 24.2 Å². The van der Waals surface area contributed by atoms with E-state index in [-0.39, 0.29) is 0 Å². The minimum atomic E-state index is -4.34. The van der Waals surface area contributed by atoms with Crippen LogP contribution >= 0.6 is 7.82 Å². The van der Waals surface area contributed by atoms with Gasteiger partial charge in [-0.25, -0.2) is 9.36 Å². The largest absolute Gasteiger partial charge is 0.472 e. The molecule has 0 aliphatic carbocycles. The van der Waals surface area contributed by atoms with Crippen LogP contribution < -0.4 is 11.2 Å². The summed E-state index contributed by atoms with van der Waals surface area (Å²) in [6, 6.07) is 1.10. The first kappa shape index (κ1) is 18.1. The van der Waals surface area contributed by atoms with Crippen molar-refractivity contribution >= 4 is 7.82 Å². The molecule has 0 saturated carbocycles. The lowest BCUT2D eigenvalue weighted by atomic mass is 10.1. The Bertz CT molecular complexity index is 701. The number of nitrogens with one attached hydrogen (secondary N) is 1. The van der Waals surface area contributed by atoms with Crippen LogP contribution in [0.5, 0.6) is 0 Å². The lowest BCUT2D eigenvalue weighted by Gasteiger charge is -2.22. The third kappa shape index (κ3) is 3.97. The molecule has 0 bridgehead atoms. The Labute approximate surface area is 131 Å². The van der Waals surface area contributed by atoms with E-state index in [1.165, 1.54) is 6.20 Å².